The summed E-state index contributed by atoms with van der Waals surface area (Å²) in [5.74, 6) is 0.730. The quantitative estimate of drug-likeness (QED) is 0.404. The normalized spacial score (nSPS) is 15.9. The molecule has 0 bridgehead atoms. The van der Waals surface area contributed by atoms with E-state index in [0.29, 0.717) is 48.6 Å². The highest BCUT2D eigenvalue weighted by atomic mass is 19.1. The molecule has 0 unspecified atom stereocenters. The Morgan fingerprint density at radius 3 is 2.47 bits per heavy atom. The van der Waals surface area contributed by atoms with Gasteiger partial charge in [0.2, 0.25) is 12.2 Å². The molecule has 7 nitrogen and oxygen atoms in total. The van der Waals surface area contributed by atoms with Crippen molar-refractivity contribution in [2.75, 3.05) is 18.5 Å². The summed E-state index contributed by atoms with van der Waals surface area (Å²) in [6.07, 6.45) is 1.08. The second-order valence-corrected chi connectivity index (χ2v) is 9.08. The van der Waals surface area contributed by atoms with Crippen LogP contribution in [-0.4, -0.2) is 33.1 Å². The van der Waals surface area contributed by atoms with Crippen molar-refractivity contribution in [3.05, 3.63) is 84.1 Å². The molecule has 0 radical (unpaired) electrons. The summed E-state index contributed by atoms with van der Waals surface area (Å²) in [7, 11) is 0. The van der Waals surface area contributed by atoms with E-state index < -0.39 is 6.29 Å². The number of ether oxygens (including phenoxy) is 2. The molecule has 0 atom stereocenters. The Kier molecular flexibility index (Phi) is 6.08. The van der Waals surface area contributed by atoms with Gasteiger partial charge in [-0.1, -0.05) is 44.2 Å². The number of anilines is 1. The number of aromatic amines is 1. The van der Waals surface area contributed by atoms with Crippen molar-refractivity contribution in [3.8, 4) is 22.6 Å². The van der Waals surface area contributed by atoms with Gasteiger partial charge in [0.1, 0.15) is 5.82 Å². The largest absolute Gasteiger partial charge is 0.350 e. The Morgan fingerprint density at radius 1 is 1.00 bits per heavy atom. The van der Waals surface area contributed by atoms with Gasteiger partial charge in [0, 0.05) is 23.7 Å². The van der Waals surface area contributed by atoms with Crippen LogP contribution in [0.2, 0.25) is 0 Å². The third kappa shape index (κ3) is 4.98. The first-order valence-corrected chi connectivity index (χ1v) is 11.2. The van der Waals surface area contributed by atoms with Crippen molar-refractivity contribution in [3.63, 3.8) is 0 Å². The molecule has 2 aromatic heterocycles. The molecule has 1 fully saturated rings. The van der Waals surface area contributed by atoms with E-state index in [1.165, 1.54) is 12.1 Å². The lowest BCUT2D eigenvalue weighted by Crippen LogP contribution is -2.34. The van der Waals surface area contributed by atoms with Crippen LogP contribution in [0.25, 0.3) is 22.6 Å². The fraction of sp³-hybridized carbons (Fsp3) is 0.269. The maximum Gasteiger partial charge on any atom is 0.223 e. The van der Waals surface area contributed by atoms with Gasteiger partial charge in [-0.05, 0) is 35.9 Å². The molecule has 1 aliphatic rings. The zero-order valence-corrected chi connectivity index (χ0v) is 19.1. The summed E-state index contributed by atoms with van der Waals surface area (Å²) in [5, 5.41) is 3.26. The van der Waals surface area contributed by atoms with E-state index in [0.717, 1.165) is 11.1 Å². The van der Waals surface area contributed by atoms with Crippen LogP contribution in [0.4, 0.5) is 10.3 Å². The van der Waals surface area contributed by atoms with Gasteiger partial charge >= 0.3 is 0 Å². The lowest BCUT2D eigenvalue weighted by molar-refractivity contribution is -0.229. The predicted molar refractivity (Wildman–Crippen MR) is 127 cm³/mol. The highest BCUT2D eigenvalue weighted by Gasteiger charge is 2.32. The zero-order chi connectivity index (χ0) is 23.5. The summed E-state index contributed by atoms with van der Waals surface area (Å²) in [6, 6.07) is 18.1. The number of rotatable bonds is 6. The van der Waals surface area contributed by atoms with Crippen LogP contribution in [0.15, 0.2) is 66.9 Å². The molecule has 8 heteroatoms. The van der Waals surface area contributed by atoms with E-state index in [4.69, 9.17) is 19.4 Å². The fourth-order valence-electron chi connectivity index (χ4n) is 3.72. The number of nitrogens with zero attached hydrogens (tertiary/aromatic N) is 3. The fourth-order valence-corrected chi connectivity index (χ4v) is 3.72. The van der Waals surface area contributed by atoms with Crippen molar-refractivity contribution < 1.29 is 13.9 Å². The molecular weight excluding hydrogens is 433 g/mol. The molecule has 0 spiro atoms. The Balaban J connectivity index is 1.47. The van der Waals surface area contributed by atoms with Crippen LogP contribution < -0.4 is 5.32 Å². The Labute approximate surface area is 197 Å². The zero-order valence-electron chi connectivity index (χ0n) is 19.1. The minimum Gasteiger partial charge on any atom is -0.350 e. The first-order chi connectivity index (χ1) is 16.5. The van der Waals surface area contributed by atoms with Gasteiger partial charge in [-0.15, -0.1) is 0 Å². The van der Waals surface area contributed by atoms with Crippen LogP contribution in [0.1, 0.15) is 31.5 Å². The van der Waals surface area contributed by atoms with Gasteiger partial charge in [-0.2, -0.15) is 0 Å². The molecule has 0 amide bonds. The van der Waals surface area contributed by atoms with E-state index in [9.17, 15) is 4.39 Å². The van der Waals surface area contributed by atoms with Gasteiger partial charge < -0.3 is 19.8 Å². The number of aromatic nitrogens is 4. The average Bonchev–Trinajstić information content (AvgIpc) is 3.29. The molecule has 5 rings (SSSR count). The number of benzene rings is 2. The molecule has 2 N–H and O–H groups in total. The standard InChI is InChI=1S/C26H26FN5O2/c1-26(2)15-33-24(34-16-26)23-31-21(18-8-10-19(27)11-9-18)22(32-23)20-12-13-28-25(30-20)29-14-17-6-4-3-5-7-17/h3-13,24H,14-16H2,1-2H3,(H,31,32)(H,28,29,30). The van der Waals surface area contributed by atoms with Crippen LogP contribution >= 0.6 is 0 Å². The number of H-pyrrole nitrogens is 1. The maximum absolute atomic E-state index is 13.6. The summed E-state index contributed by atoms with van der Waals surface area (Å²) in [4.78, 5) is 17.2. The minimum absolute atomic E-state index is 0.0578. The van der Waals surface area contributed by atoms with Crippen molar-refractivity contribution in [1.82, 2.24) is 19.9 Å². The van der Waals surface area contributed by atoms with E-state index >= 15 is 0 Å². The van der Waals surface area contributed by atoms with Gasteiger partial charge in [0.25, 0.3) is 0 Å². The monoisotopic (exact) mass is 459 g/mol. The Bertz CT molecular complexity index is 1250. The molecule has 174 valence electrons. The van der Waals surface area contributed by atoms with Gasteiger partial charge in [0.15, 0.2) is 5.82 Å². The van der Waals surface area contributed by atoms with Crippen molar-refractivity contribution in [1.29, 1.82) is 0 Å². The van der Waals surface area contributed by atoms with Crippen molar-refractivity contribution in [2.24, 2.45) is 5.41 Å². The second-order valence-electron chi connectivity index (χ2n) is 9.08. The van der Waals surface area contributed by atoms with Crippen LogP contribution in [0.5, 0.6) is 0 Å². The van der Waals surface area contributed by atoms with E-state index in [1.807, 2.05) is 36.4 Å². The van der Waals surface area contributed by atoms with E-state index in [2.05, 4.69) is 29.1 Å². The van der Waals surface area contributed by atoms with Crippen LogP contribution in [0, 0.1) is 11.2 Å². The third-order valence-electron chi connectivity index (χ3n) is 5.52. The van der Waals surface area contributed by atoms with Crippen molar-refractivity contribution in [2.45, 2.75) is 26.7 Å². The van der Waals surface area contributed by atoms with Gasteiger partial charge in [-0.3, -0.25) is 0 Å². The SMILES string of the molecule is CC1(C)COC(c2nc(-c3ccc(F)cc3)c(-c3ccnc(NCc4ccccc4)n3)[nH]2)OC1. The second kappa shape index (κ2) is 9.32. The Morgan fingerprint density at radius 2 is 1.74 bits per heavy atom. The number of nitrogens with one attached hydrogen (secondary N) is 2. The average molecular weight is 460 g/mol. The number of hydrogen-bond acceptors (Lipinski definition) is 6. The van der Waals surface area contributed by atoms with E-state index in [-0.39, 0.29) is 11.2 Å². The topological polar surface area (TPSA) is 85.0 Å². The molecule has 0 aliphatic carbocycles. The molecule has 3 heterocycles. The first kappa shape index (κ1) is 22.2. The summed E-state index contributed by atoms with van der Waals surface area (Å²) in [6.45, 7) is 5.89. The number of halogens is 1. The highest BCUT2D eigenvalue weighted by molar-refractivity contribution is 5.77. The first-order valence-electron chi connectivity index (χ1n) is 11.2. The molecule has 1 saturated heterocycles. The van der Waals surface area contributed by atoms with E-state index in [1.54, 1.807) is 18.3 Å². The molecule has 34 heavy (non-hydrogen) atoms. The lowest BCUT2D eigenvalue weighted by atomic mass is 9.96. The number of hydrogen-bond donors (Lipinski definition) is 2. The number of imidazole rings is 1. The maximum atomic E-state index is 13.6. The molecule has 0 saturated carbocycles. The van der Waals surface area contributed by atoms with Gasteiger partial charge in [-0.25, -0.2) is 19.3 Å². The molecule has 4 aromatic rings. The Hall–Kier alpha value is -3.62. The minimum atomic E-state index is -0.613. The lowest BCUT2D eigenvalue weighted by Gasteiger charge is -2.33. The summed E-state index contributed by atoms with van der Waals surface area (Å²) in [5.41, 5.74) is 3.80. The van der Waals surface area contributed by atoms with Crippen molar-refractivity contribution >= 4 is 5.95 Å². The molecule has 1 aliphatic heterocycles. The highest BCUT2D eigenvalue weighted by Crippen LogP contribution is 2.35. The van der Waals surface area contributed by atoms with Crippen LogP contribution in [0.3, 0.4) is 0 Å². The van der Waals surface area contributed by atoms with Gasteiger partial charge in [0.05, 0.1) is 30.3 Å². The molecular formula is C26H26FN5O2. The summed E-state index contributed by atoms with van der Waals surface area (Å²) >= 11 is 0. The predicted octanol–water partition coefficient (Wildman–Crippen LogP) is 5.36. The smallest absolute Gasteiger partial charge is 0.223 e. The molecule has 2 aromatic carbocycles. The summed E-state index contributed by atoms with van der Waals surface area (Å²) < 4.78 is 25.4. The van der Waals surface area contributed by atoms with Crippen LogP contribution in [-0.2, 0) is 16.0 Å². The third-order valence-corrected chi connectivity index (χ3v) is 5.52.